The van der Waals surface area contributed by atoms with Gasteiger partial charge in [-0.25, -0.2) is 4.98 Å². The van der Waals surface area contributed by atoms with Crippen molar-refractivity contribution in [2.24, 2.45) is 11.8 Å². The van der Waals surface area contributed by atoms with Crippen molar-refractivity contribution >= 4 is 40.6 Å². The third-order valence-electron chi connectivity index (χ3n) is 6.03. The highest BCUT2D eigenvalue weighted by Gasteiger charge is 2.38. The second-order valence-electron chi connectivity index (χ2n) is 8.21. The predicted molar refractivity (Wildman–Crippen MR) is 115 cm³/mol. The number of carbonyl (C=O) groups excluding carboxylic acids is 2. The van der Waals surface area contributed by atoms with Gasteiger partial charge >= 0.3 is 0 Å². The lowest BCUT2D eigenvalue weighted by Gasteiger charge is -2.16. The van der Waals surface area contributed by atoms with Crippen molar-refractivity contribution in [3.8, 4) is 0 Å². The van der Waals surface area contributed by atoms with Crippen LogP contribution in [-0.2, 0) is 16.0 Å². The number of hydrogen-bond donors (Lipinski definition) is 1. The Morgan fingerprint density at radius 1 is 1.31 bits per heavy atom. The molecule has 3 aliphatic rings. The summed E-state index contributed by atoms with van der Waals surface area (Å²) in [6, 6.07) is 4.27. The van der Waals surface area contributed by atoms with Gasteiger partial charge in [0.25, 0.3) is 0 Å². The number of aryl methyl sites for hydroxylation is 2. The molecule has 0 saturated carbocycles. The first-order valence-corrected chi connectivity index (χ1v) is 10.9. The number of hydrogen-bond acceptors (Lipinski definition) is 4. The molecule has 2 unspecified atom stereocenters. The minimum absolute atomic E-state index is 0.00877. The van der Waals surface area contributed by atoms with Crippen molar-refractivity contribution in [1.29, 1.82) is 0 Å². The van der Waals surface area contributed by atoms with Crippen LogP contribution >= 0.6 is 11.3 Å². The molecule has 148 valence electrons. The lowest BCUT2D eigenvalue weighted by atomic mass is 10.00. The number of pyridine rings is 1. The first kappa shape index (κ1) is 18.3. The topological polar surface area (TPSA) is 62.3 Å². The fourth-order valence-corrected chi connectivity index (χ4v) is 5.45. The number of aromatic nitrogens is 1. The van der Waals surface area contributed by atoms with Gasteiger partial charge in [-0.2, -0.15) is 0 Å². The summed E-state index contributed by atoms with van der Waals surface area (Å²) in [5.74, 6) is 1.72. The smallest absolute Gasteiger partial charge is 0.246 e. The predicted octanol–water partition coefficient (Wildman–Crippen LogP) is 3.91. The van der Waals surface area contributed by atoms with Crippen LogP contribution in [0.2, 0.25) is 0 Å². The highest BCUT2D eigenvalue weighted by atomic mass is 32.1. The number of anilines is 1. The van der Waals surface area contributed by atoms with E-state index in [-0.39, 0.29) is 11.8 Å². The van der Waals surface area contributed by atoms with Crippen LogP contribution in [0, 0.1) is 18.8 Å². The third-order valence-corrected chi connectivity index (χ3v) is 7.16. The molecule has 29 heavy (non-hydrogen) atoms. The first-order chi connectivity index (χ1) is 14.0. The summed E-state index contributed by atoms with van der Waals surface area (Å²) in [6.07, 6.45) is 9.81. The fraction of sp³-hybridized carbons (Fsp3) is 0.348. The van der Waals surface area contributed by atoms with E-state index < -0.39 is 0 Å². The summed E-state index contributed by atoms with van der Waals surface area (Å²) < 4.78 is 0. The maximum absolute atomic E-state index is 12.7. The number of likely N-dealkylation sites (tertiary alicyclic amines) is 1. The van der Waals surface area contributed by atoms with Crippen LogP contribution in [0.25, 0.3) is 11.6 Å². The van der Waals surface area contributed by atoms with Gasteiger partial charge in [0.15, 0.2) is 0 Å². The molecular weight excluding hydrogens is 382 g/mol. The van der Waals surface area contributed by atoms with Crippen LogP contribution in [0.3, 0.4) is 0 Å². The summed E-state index contributed by atoms with van der Waals surface area (Å²) >= 11 is 1.82. The molecule has 1 saturated heterocycles. The number of fused-ring (bicyclic) bond motifs is 2. The quantitative estimate of drug-likeness (QED) is 0.788. The summed E-state index contributed by atoms with van der Waals surface area (Å²) in [5, 5.41) is 4.98. The average Bonchev–Trinajstić information content (AvgIpc) is 3.40. The van der Waals surface area contributed by atoms with Crippen LogP contribution in [0.1, 0.15) is 34.4 Å². The maximum atomic E-state index is 12.7. The lowest BCUT2D eigenvalue weighted by molar-refractivity contribution is -0.125. The fourth-order valence-electron chi connectivity index (χ4n) is 4.51. The first-order valence-electron chi connectivity index (χ1n) is 10.1. The van der Waals surface area contributed by atoms with E-state index in [1.165, 1.54) is 16.0 Å². The second-order valence-corrected chi connectivity index (χ2v) is 9.12. The molecule has 1 aliphatic carbocycles. The zero-order valence-corrected chi connectivity index (χ0v) is 17.2. The molecule has 0 radical (unpaired) electrons. The molecule has 2 aliphatic heterocycles. The minimum Gasteiger partial charge on any atom is -0.338 e. The summed E-state index contributed by atoms with van der Waals surface area (Å²) in [4.78, 5) is 31.8. The van der Waals surface area contributed by atoms with Crippen LogP contribution in [0.5, 0.6) is 0 Å². The molecular formula is C23H23N3O2S. The Balaban J connectivity index is 1.23. The van der Waals surface area contributed by atoms with Gasteiger partial charge in [0, 0.05) is 36.7 Å². The Morgan fingerprint density at radius 3 is 3.00 bits per heavy atom. The van der Waals surface area contributed by atoms with Crippen LogP contribution in [-0.4, -0.2) is 34.8 Å². The van der Waals surface area contributed by atoms with Crippen LogP contribution in [0.15, 0.2) is 35.9 Å². The molecule has 0 spiro atoms. The van der Waals surface area contributed by atoms with E-state index >= 15 is 0 Å². The molecule has 5 rings (SSSR count). The number of nitrogens with zero attached hydrogens (tertiary/aromatic N) is 2. The number of thiophene rings is 1. The monoisotopic (exact) mass is 405 g/mol. The van der Waals surface area contributed by atoms with Crippen molar-refractivity contribution in [1.82, 2.24) is 9.88 Å². The van der Waals surface area contributed by atoms with Gasteiger partial charge in [0.1, 0.15) is 5.82 Å². The molecule has 1 N–H and O–H groups in total. The van der Waals surface area contributed by atoms with Gasteiger partial charge < -0.3 is 10.2 Å². The molecule has 1 fully saturated rings. The van der Waals surface area contributed by atoms with Crippen molar-refractivity contribution in [2.45, 2.75) is 26.2 Å². The van der Waals surface area contributed by atoms with Gasteiger partial charge in [-0.15, -0.1) is 11.3 Å². The van der Waals surface area contributed by atoms with Gasteiger partial charge in [0.2, 0.25) is 11.8 Å². The van der Waals surface area contributed by atoms with E-state index in [0.29, 0.717) is 30.5 Å². The van der Waals surface area contributed by atoms with E-state index in [2.05, 4.69) is 34.7 Å². The summed E-state index contributed by atoms with van der Waals surface area (Å²) in [5.41, 5.74) is 4.69. The molecule has 0 bridgehead atoms. The Labute approximate surface area is 174 Å². The summed E-state index contributed by atoms with van der Waals surface area (Å²) in [7, 11) is 0. The Bertz CT molecular complexity index is 1050. The van der Waals surface area contributed by atoms with Crippen molar-refractivity contribution in [2.75, 3.05) is 18.4 Å². The second kappa shape index (κ2) is 7.26. The highest BCUT2D eigenvalue weighted by Crippen LogP contribution is 2.42. The van der Waals surface area contributed by atoms with Crippen molar-refractivity contribution in [3.05, 3.63) is 57.4 Å². The van der Waals surface area contributed by atoms with Crippen LogP contribution in [0.4, 0.5) is 5.82 Å². The number of carbonyl (C=O) groups is 2. The largest absolute Gasteiger partial charge is 0.338 e. The van der Waals surface area contributed by atoms with Gasteiger partial charge in [0.05, 0.1) is 0 Å². The van der Waals surface area contributed by atoms with Crippen LogP contribution < -0.4 is 5.32 Å². The lowest BCUT2D eigenvalue weighted by Crippen LogP contribution is -2.27. The SMILES string of the molecule is Cc1csc(C2=CC3CN(C(=O)C=Cc4cnc5c(c4)CCC(=O)N5)CC3C2)c1. The minimum atomic E-state index is 0.00877. The third kappa shape index (κ3) is 3.65. The molecule has 6 heteroatoms. The normalized spacial score (nSPS) is 23.1. The standard InChI is InChI=1S/C23H23N3O2S/c1-14-6-20(29-13-14)17-8-18-11-26(12-19(18)9-17)22(28)5-2-15-7-16-3-4-21(27)25-23(16)24-10-15/h2,5-8,10,13,18-19H,3-4,9,11-12H2,1H3,(H,24,25,27). The number of nitrogens with one attached hydrogen (secondary N) is 1. The van der Waals surface area contributed by atoms with Crippen molar-refractivity contribution < 1.29 is 9.59 Å². The Morgan fingerprint density at radius 2 is 2.21 bits per heavy atom. The van der Waals surface area contributed by atoms with Gasteiger partial charge in [-0.05, 0) is 77.5 Å². The van der Waals surface area contributed by atoms with E-state index in [9.17, 15) is 9.59 Å². The van der Waals surface area contributed by atoms with Gasteiger partial charge in [-0.1, -0.05) is 6.08 Å². The molecule has 2 aromatic rings. The molecule has 0 aromatic carbocycles. The van der Waals surface area contributed by atoms with E-state index in [1.807, 2.05) is 28.4 Å². The average molecular weight is 406 g/mol. The highest BCUT2D eigenvalue weighted by molar-refractivity contribution is 7.11. The van der Waals surface area contributed by atoms with E-state index in [0.717, 1.165) is 30.6 Å². The number of amides is 2. The van der Waals surface area contributed by atoms with E-state index in [1.54, 1.807) is 12.3 Å². The Hall–Kier alpha value is -2.73. The zero-order valence-electron chi connectivity index (χ0n) is 16.4. The van der Waals surface area contributed by atoms with Crippen molar-refractivity contribution in [3.63, 3.8) is 0 Å². The zero-order chi connectivity index (χ0) is 20.0. The Kier molecular flexibility index (Phi) is 4.59. The van der Waals surface area contributed by atoms with Gasteiger partial charge in [-0.3, -0.25) is 9.59 Å². The summed E-state index contributed by atoms with van der Waals surface area (Å²) in [6.45, 7) is 3.76. The molecule has 2 atom stereocenters. The molecule has 2 aromatic heterocycles. The molecule has 4 heterocycles. The number of rotatable bonds is 3. The molecule has 2 amide bonds. The maximum Gasteiger partial charge on any atom is 0.246 e. The molecule has 5 nitrogen and oxygen atoms in total. The van der Waals surface area contributed by atoms with E-state index in [4.69, 9.17) is 0 Å². The number of allylic oxidation sites excluding steroid dienone is 1.